The van der Waals surface area contributed by atoms with Crippen molar-refractivity contribution in [3.8, 4) is 0 Å². The molecule has 0 unspecified atom stereocenters. The number of aromatic nitrogens is 1. The molecule has 0 atom stereocenters. The van der Waals surface area contributed by atoms with Gasteiger partial charge in [0.05, 0.1) is 27.9 Å². The van der Waals surface area contributed by atoms with Gasteiger partial charge in [-0.2, -0.15) is 0 Å². The molecule has 26 heavy (non-hydrogen) atoms. The molecule has 130 valence electrons. The van der Waals surface area contributed by atoms with Crippen molar-refractivity contribution in [3.63, 3.8) is 0 Å². The first-order valence-corrected chi connectivity index (χ1v) is 7.82. The second-order valence-electron chi connectivity index (χ2n) is 5.22. The minimum absolute atomic E-state index is 0.162. The van der Waals surface area contributed by atoms with Crippen LogP contribution in [0.25, 0.3) is 23.1 Å². The monoisotopic (exact) mass is 369 g/mol. The molecule has 1 amide bonds. The summed E-state index contributed by atoms with van der Waals surface area (Å²) < 4.78 is 5.01. The number of fused-ring (bicyclic) bond motifs is 1. The lowest BCUT2D eigenvalue weighted by atomic mass is 10.1. The van der Waals surface area contributed by atoms with E-state index < -0.39 is 10.8 Å². The van der Waals surface area contributed by atoms with Gasteiger partial charge in [-0.1, -0.05) is 42.0 Å². The second-order valence-corrected chi connectivity index (χ2v) is 5.60. The molecular weight excluding hydrogens is 358 g/mol. The number of hydrogen-bond acceptors (Lipinski definition) is 5. The number of pyridine rings is 1. The predicted molar refractivity (Wildman–Crippen MR) is 98.7 cm³/mol. The molecule has 0 spiro atoms. The lowest BCUT2D eigenvalue weighted by Crippen LogP contribution is -2.13. The predicted octanol–water partition coefficient (Wildman–Crippen LogP) is 4.21. The Bertz CT molecular complexity index is 1070. The largest absolute Gasteiger partial charge is 0.433 e. The van der Waals surface area contributed by atoms with Crippen LogP contribution in [-0.2, 0) is 0 Å². The fourth-order valence-corrected chi connectivity index (χ4v) is 2.69. The zero-order chi connectivity index (χ0) is 18.7. The van der Waals surface area contributed by atoms with Crippen LogP contribution in [0.4, 0.5) is 5.88 Å². The summed E-state index contributed by atoms with van der Waals surface area (Å²) in [5, 5.41) is 11.3. The number of hydrogen-bond donors (Lipinski definition) is 1. The lowest BCUT2D eigenvalue weighted by molar-refractivity contribution is -0.402. The minimum Gasteiger partial charge on any atom is -0.401 e. The molecule has 0 aliphatic rings. The van der Waals surface area contributed by atoms with E-state index in [9.17, 15) is 14.9 Å². The Hall–Kier alpha value is -3.45. The van der Waals surface area contributed by atoms with E-state index in [1.807, 2.05) is 0 Å². The van der Waals surface area contributed by atoms with Crippen molar-refractivity contribution in [1.29, 1.82) is 0 Å². The maximum Gasteiger partial charge on any atom is 0.433 e. The third kappa shape index (κ3) is 3.47. The van der Waals surface area contributed by atoms with Crippen molar-refractivity contribution in [2.45, 2.75) is 0 Å². The zero-order valence-electron chi connectivity index (χ0n) is 13.3. The van der Waals surface area contributed by atoms with Gasteiger partial charge in [-0.05, 0) is 24.3 Å². The fourth-order valence-electron chi connectivity index (χ4n) is 2.39. The Kier molecular flexibility index (Phi) is 4.81. The number of nitrogens with zero attached hydrogens (tertiary/aromatic N) is 2. The number of furan rings is 1. The van der Waals surface area contributed by atoms with Gasteiger partial charge in [0.2, 0.25) is 0 Å². The van der Waals surface area contributed by atoms with Crippen molar-refractivity contribution in [2.24, 2.45) is 5.73 Å². The quantitative estimate of drug-likeness (QED) is 0.411. The molecule has 0 fully saturated rings. The molecule has 2 heterocycles. The van der Waals surface area contributed by atoms with Crippen LogP contribution in [-0.4, -0.2) is 15.8 Å². The van der Waals surface area contributed by atoms with Crippen molar-refractivity contribution >= 4 is 46.4 Å². The topological polar surface area (TPSA) is 112 Å². The average Bonchev–Trinajstić information content (AvgIpc) is 3.08. The summed E-state index contributed by atoms with van der Waals surface area (Å²) in [4.78, 5) is 26.1. The maximum atomic E-state index is 11.8. The third-order valence-electron chi connectivity index (χ3n) is 3.52. The van der Waals surface area contributed by atoms with Crippen LogP contribution < -0.4 is 5.73 Å². The molecule has 3 rings (SSSR count). The molecule has 0 bridgehead atoms. The molecule has 1 aromatic carbocycles. The Morgan fingerprint density at radius 3 is 2.62 bits per heavy atom. The molecule has 0 aliphatic heterocycles. The van der Waals surface area contributed by atoms with Crippen molar-refractivity contribution in [3.05, 3.63) is 80.7 Å². The van der Waals surface area contributed by atoms with Gasteiger partial charge in [0.25, 0.3) is 5.91 Å². The van der Waals surface area contributed by atoms with Crippen LogP contribution in [0.3, 0.4) is 0 Å². The van der Waals surface area contributed by atoms with Crippen LogP contribution in [0.1, 0.15) is 21.8 Å². The fraction of sp³-hybridized carbons (Fsp3) is 0. The third-order valence-corrected chi connectivity index (χ3v) is 3.91. The van der Waals surface area contributed by atoms with Gasteiger partial charge in [-0.15, -0.1) is 0 Å². The Labute approximate surface area is 152 Å². The van der Waals surface area contributed by atoms with Crippen LogP contribution in [0.15, 0.2) is 53.0 Å². The molecule has 3 aromatic rings. The zero-order valence-corrected chi connectivity index (χ0v) is 14.0. The van der Waals surface area contributed by atoms with E-state index >= 15 is 0 Å². The van der Waals surface area contributed by atoms with E-state index in [2.05, 4.69) is 4.98 Å². The Morgan fingerprint density at radius 1 is 1.19 bits per heavy atom. The summed E-state index contributed by atoms with van der Waals surface area (Å²) in [6, 6.07) is 9.80. The number of carbonyl (C=O) groups is 1. The summed E-state index contributed by atoms with van der Waals surface area (Å²) in [6.07, 6.45) is 6.39. The number of nitrogens with two attached hydrogens (primary N) is 1. The van der Waals surface area contributed by atoms with E-state index in [1.165, 1.54) is 12.1 Å². The van der Waals surface area contributed by atoms with E-state index in [1.54, 1.807) is 48.6 Å². The highest BCUT2D eigenvalue weighted by molar-refractivity contribution is 6.36. The van der Waals surface area contributed by atoms with Crippen molar-refractivity contribution < 1.29 is 14.1 Å². The molecule has 0 saturated carbocycles. The number of carbonyl (C=O) groups excluding carboxylic acids is 1. The summed E-state index contributed by atoms with van der Waals surface area (Å²) in [6.45, 7) is 0. The minimum atomic E-state index is -0.637. The van der Waals surface area contributed by atoms with Gasteiger partial charge in [0.15, 0.2) is 0 Å². The Balaban J connectivity index is 1.91. The van der Waals surface area contributed by atoms with Crippen molar-refractivity contribution in [2.75, 3.05) is 0 Å². The number of halogens is 1. The van der Waals surface area contributed by atoms with Gasteiger partial charge in [-0.25, -0.2) is 4.98 Å². The number of primary amides is 1. The van der Waals surface area contributed by atoms with Crippen molar-refractivity contribution in [1.82, 2.24) is 4.98 Å². The molecule has 8 heteroatoms. The molecule has 2 aromatic heterocycles. The van der Waals surface area contributed by atoms with Crippen LogP contribution in [0, 0.1) is 10.1 Å². The molecule has 0 aliphatic carbocycles. The van der Waals surface area contributed by atoms with Gasteiger partial charge in [0, 0.05) is 5.39 Å². The highest BCUT2D eigenvalue weighted by Crippen LogP contribution is 2.28. The first kappa shape index (κ1) is 17.4. The van der Waals surface area contributed by atoms with Crippen LogP contribution in [0.2, 0.25) is 5.02 Å². The standard InChI is InChI=1S/C18H12ClN3O4/c19-17-14(8-3-1-5-11-9-10-15(26-11)22(24)25)21-13-7-4-2-6-12(13)16(17)18(20)23/h1-10H,(H2,20,23). The molecular formula is C18H12ClN3O4. The van der Waals surface area contributed by atoms with Gasteiger partial charge < -0.3 is 10.2 Å². The molecule has 2 N–H and O–H groups in total. The summed E-state index contributed by atoms with van der Waals surface area (Å²) >= 11 is 6.28. The molecule has 7 nitrogen and oxygen atoms in total. The van der Waals surface area contributed by atoms with E-state index in [4.69, 9.17) is 21.8 Å². The number of allylic oxidation sites excluding steroid dienone is 2. The summed E-state index contributed by atoms with van der Waals surface area (Å²) in [5.41, 5.74) is 6.64. The number of rotatable bonds is 5. The van der Waals surface area contributed by atoms with Gasteiger partial charge >= 0.3 is 5.88 Å². The summed E-state index contributed by atoms with van der Waals surface area (Å²) in [5.74, 6) is -0.641. The number of para-hydroxylation sites is 1. The average molecular weight is 370 g/mol. The molecule has 0 radical (unpaired) electrons. The maximum absolute atomic E-state index is 11.8. The van der Waals surface area contributed by atoms with E-state index in [0.717, 1.165) is 0 Å². The Morgan fingerprint density at radius 2 is 1.92 bits per heavy atom. The highest BCUT2D eigenvalue weighted by atomic mass is 35.5. The number of benzene rings is 1. The SMILES string of the molecule is NC(=O)c1c(Cl)c(C=CC=Cc2ccc([N+](=O)[O-])o2)nc2ccccc12. The van der Waals surface area contributed by atoms with Crippen LogP contribution >= 0.6 is 11.6 Å². The summed E-state index contributed by atoms with van der Waals surface area (Å²) in [7, 11) is 0. The highest BCUT2D eigenvalue weighted by Gasteiger charge is 2.15. The first-order valence-electron chi connectivity index (χ1n) is 7.44. The van der Waals surface area contributed by atoms with E-state index in [0.29, 0.717) is 22.4 Å². The van der Waals surface area contributed by atoms with E-state index in [-0.39, 0.29) is 16.5 Å². The number of amides is 1. The van der Waals surface area contributed by atoms with Crippen LogP contribution in [0.5, 0.6) is 0 Å². The van der Waals surface area contributed by atoms with Gasteiger partial charge in [0.1, 0.15) is 10.7 Å². The first-order chi connectivity index (χ1) is 12.5. The lowest BCUT2D eigenvalue weighted by Gasteiger charge is -2.08. The molecule has 0 saturated heterocycles. The smallest absolute Gasteiger partial charge is 0.401 e. The second kappa shape index (κ2) is 7.20. The normalized spacial score (nSPS) is 11.6. The van der Waals surface area contributed by atoms with Gasteiger partial charge in [-0.3, -0.25) is 14.9 Å². The number of nitro groups is 1.